The van der Waals surface area contributed by atoms with Crippen molar-refractivity contribution >= 4 is 22.8 Å². The molecule has 6 N–H and O–H groups in total. The van der Waals surface area contributed by atoms with Gasteiger partial charge in [-0.2, -0.15) is 0 Å². The van der Waals surface area contributed by atoms with E-state index in [0.717, 1.165) is 30.4 Å². The van der Waals surface area contributed by atoms with E-state index in [0.29, 0.717) is 47.5 Å². The minimum Gasteiger partial charge on any atom is -0.506 e. The van der Waals surface area contributed by atoms with Gasteiger partial charge in [-0.3, -0.25) is 9.59 Å². The summed E-state index contributed by atoms with van der Waals surface area (Å²) in [5.74, 6) is -1.02. The molecule has 0 bridgehead atoms. The van der Waals surface area contributed by atoms with Crippen LogP contribution in [0.2, 0.25) is 0 Å². The number of aromatic nitrogens is 1. The van der Waals surface area contributed by atoms with Crippen LogP contribution in [0, 0.1) is 0 Å². The number of rotatable bonds is 13. The highest BCUT2D eigenvalue weighted by Gasteiger charge is 2.45. The number of carbonyl (C=O) groups excluding carboxylic acids is 1. The number of hydrogen-bond acceptors (Lipinski definition) is 7. The van der Waals surface area contributed by atoms with Crippen LogP contribution in [0.1, 0.15) is 52.4 Å². The van der Waals surface area contributed by atoms with Gasteiger partial charge < -0.3 is 35.7 Å². The van der Waals surface area contributed by atoms with Gasteiger partial charge in [-0.05, 0) is 72.8 Å². The van der Waals surface area contributed by atoms with Gasteiger partial charge in [0.2, 0.25) is 5.56 Å². The molecular weight excluding hydrogens is 550 g/mol. The van der Waals surface area contributed by atoms with Gasteiger partial charge >= 0.3 is 5.97 Å². The third-order valence-corrected chi connectivity index (χ3v) is 7.83. The molecule has 1 aliphatic carbocycles. The number of phenolic OH excluding ortho intramolecular Hbond substituents is 1. The molecule has 43 heavy (non-hydrogen) atoms. The Balaban J connectivity index is 1.04. The molecule has 0 fully saturated rings. The second kappa shape index (κ2) is 13.1. The van der Waals surface area contributed by atoms with Crippen molar-refractivity contribution in [2.75, 3.05) is 19.7 Å². The summed E-state index contributed by atoms with van der Waals surface area (Å²) in [6, 6.07) is 20.3. The van der Waals surface area contributed by atoms with Crippen LogP contribution in [-0.4, -0.2) is 57.4 Å². The molecule has 0 aliphatic heterocycles. The molecule has 1 heterocycles. The van der Waals surface area contributed by atoms with E-state index in [1.165, 1.54) is 12.1 Å². The Morgan fingerprint density at radius 3 is 2.47 bits per heavy atom. The van der Waals surface area contributed by atoms with E-state index in [9.17, 15) is 29.7 Å². The van der Waals surface area contributed by atoms with Gasteiger partial charge in [0, 0.05) is 36.4 Å². The van der Waals surface area contributed by atoms with Gasteiger partial charge in [-0.15, -0.1) is 0 Å². The number of aliphatic carboxylic acids is 1. The van der Waals surface area contributed by atoms with E-state index >= 15 is 0 Å². The van der Waals surface area contributed by atoms with E-state index in [1.54, 1.807) is 36.4 Å². The van der Waals surface area contributed by atoms with E-state index in [-0.39, 0.29) is 24.2 Å². The van der Waals surface area contributed by atoms with E-state index in [2.05, 4.69) is 15.6 Å². The van der Waals surface area contributed by atoms with Gasteiger partial charge in [0.15, 0.2) is 0 Å². The van der Waals surface area contributed by atoms with Crippen LogP contribution >= 0.6 is 0 Å². The van der Waals surface area contributed by atoms with Gasteiger partial charge in [-0.1, -0.05) is 36.4 Å². The van der Waals surface area contributed by atoms with Crippen molar-refractivity contribution in [3.8, 4) is 11.5 Å². The molecule has 10 nitrogen and oxygen atoms in total. The summed E-state index contributed by atoms with van der Waals surface area (Å²) in [5.41, 5.74) is 1.42. The van der Waals surface area contributed by atoms with E-state index < -0.39 is 23.5 Å². The summed E-state index contributed by atoms with van der Waals surface area (Å²) >= 11 is 0. The molecule has 0 saturated heterocycles. The number of pyridine rings is 1. The molecule has 5 rings (SSSR count). The molecule has 1 aliphatic rings. The summed E-state index contributed by atoms with van der Waals surface area (Å²) in [6.07, 6.45) is 2.21. The zero-order chi connectivity index (χ0) is 30.4. The normalized spacial score (nSPS) is 14.3. The molecule has 0 unspecified atom stereocenters. The lowest BCUT2D eigenvalue weighted by molar-refractivity contribution is -0.144. The summed E-state index contributed by atoms with van der Waals surface area (Å²) in [4.78, 5) is 39.4. The highest BCUT2D eigenvalue weighted by atomic mass is 16.5. The zero-order valence-electron chi connectivity index (χ0n) is 23.6. The van der Waals surface area contributed by atoms with E-state index in [1.807, 2.05) is 24.3 Å². The molecule has 10 heteroatoms. The maximum atomic E-state index is 13.0. The number of aliphatic hydroxyl groups excluding tert-OH is 1. The van der Waals surface area contributed by atoms with Gasteiger partial charge in [0.25, 0.3) is 5.91 Å². The number of H-pyrrole nitrogens is 1. The number of carbonyl (C=O) groups is 2. The first-order chi connectivity index (χ1) is 20.8. The van der Waals surface area contributed by atoms with Crippen LogP contribution in [-0.2, 0) is 17.6 Å². The van der Waals surface area contributed by atoms with Crippen molar-refractivity contribution < 1.29 is 29.6 Å². The number of unbranched alkanes of at least 4 members (excludes halogenated alkanes) is 2. The minimum absolute atomic E-state index is 0.0456. The number of nitrogens with one attached hydrogen (secondary N) is 3. The fourth-order valence-electron chi connectivity index (χ4n) is 5.54. The quantitative estimate of drug-likeness (QED) is 0.130. The SMILES string of the molecule is O=C(NC1(C(=O)O)Cc2ccccc2C1)c1cccc(OCCCCCNC[C@H](O)c2ccc(O)c3[nH]c(=O)ccc23)c1. The summed E-state index contributed by atoms with van der Waals surface area (Å²) < 4.78 is 5.85. The summed E-state index contributed by atoms with van der Waals surface area (Å²) in [6.45, 7) is 1.47. The van der Waals surface area contributed by atoms with Crippen LogP contribution < -0.4 is 20.9 Å². The number of carboxylic acid groups (broad SMARTS) is 1. The third-order valence-electron chi connectivity index (χ3n) is 7.83. The Hall–Kier alpha value is -4.67. The number of benzene rings is 3. The fourth-order valence-corrected chi connectivity index (χ4v) is 5.54. The van der Waals surface area contributed by atoms with Crippen molar-refractivity contribution in [1.82, 2.24) is 15.6 Å². The van der Waals surface area contributed by atoms with Crippen molar-refractivity contribution in [2.24, 2.45) is 0 Å². The summed E-state index contributed by atoms with van der Waals surface area (Å²) in [5, 5.41) is 37.2. The van der Waals surface area contributed by atoms with Crippen molar-refractivity contribution in [3.63, 3.8) is 0 Å². The molecule has 1 atom stereocenters. The Morgan fingerprint density at radius 2 is 1.72 bits per heavy atom. The Labute approximate surface area is 248 Å². The number of aromatic amines is 1. The number of aromatic hydroxyl groups is 1. The molecule has 3 aromatic carbocycles. The number of ether oxygens (including phenoxy) is 1. The summed E-state index contributed by atoms with van der Waals surface area (Å²) in [7, 11) is 0. The molecule has 4 aromatic rings. The first-order valence-electron chi connectivity index (χ1n) is 14.3. The van der Waals surface area contributed by atoms with Crippen molar-refractivity contribution in [1.29, 1.82) is 0 Å². The molecular formula is C33H35N3O7. The first kappa shape index (κ1) is 29.8. The number of carboxylic acids is 1. The van der Waals surface area contributed by atoms with Gasteiger partial charge in [0.1, 0.15) is 17.0 Å². The number of hydrogen-bond donors (Lipinski definition) is 6. The largest absolute Gasteiger partial charge is 0.506 e. The lowest BCUT2D eigenvalue weighted by atomic mass is 9.95. The van der Waals surface area contributed by atoms with Gasteiger partial charge in [-0.25, -0.2) is 4.79 Å². The highest BCUT2D eigenvalue weighted by Crippen LogP contribution is 2.31. The maximum Gasteiger partial charge on any atom is 0.330 e. The monoisotopic (exact) mass is 585 g/mol. The lowest BCUT2D eigenvalue weighted by Crippen LogP contribution is -2.55. The van der Waals surface area contributed by atoms with Crippen LogP contribution in [0.15, 0.2) is 77.6 Å². The van der Waals surface area contributed by atoms with E-state index in [4.69, 9.17) is 4.74 Å². The zero-order valence-corrected chi connectivity index (χ0v) is 23.6. The number of fused-ring (bicyclic) bond motifs is 2. The predicted molar refractivity (Wildman–Crippen MR) is 162 cm³/mol. The number of amides is 1. The minimum atomic E-state index is -1.38. The molecule has 0 spiro atoms. The average Bonchev–Trinajstić information content (AvgIpc) is 3.38. The number of phenols is 1. The molecule has 224 valence electrons. The van der Waals surface area contributed by atoms with Crippen LogP contribution in [0.25, 0.3) is 10.9 Å². The lowest BCUT2D eigenvalue weighted by Gasteiger charge is -2.25. The average molecular weight is 586 g/mol. The topological polar surface area (TPSA) is 161 Å². The third kappa shape index (κ3) is 6.87. The highest BCUT2D eigenvalue weighted by molar-refractivity contribution is 5.98. The Morgan fingerprint density at radius 1 is 0.953 bits per heavy atom. The molecule has 1 amide bonds. The molecule has 1 aromatic heterocycles. The van der Waals surface area contributed by atoms with Gasteiger partial charge in [0.05, 0.1) is 18.2 Å². The Bertz CT molecular complexity index is 1660. The predicted octanol–water partition coefficient (Wildman–Crippen LogP) is 3.46. The maximum absolute atomic E-state index is 13.0. The Kier molecular flexibility index (Phi) is 9.08. The second-order valence-corrected chi connectivity index (χ2v) is 10.9. The molecule has 0 saturated carbocycles. The first-order valence-corrected chi connectivity index (χ1v) is 14.3. The van der Waals surface area contributed by atoms with Crippen LogP contribution in [0.5, 0.6) is 11.5 Å². The molecule has 0 radical (unpaired) electrons. The smallest absolute Gasteiger partial charge is 0.330 e. The van der Waals surface area contributed by atoms with Crippen molar-refractivity contribution in [3.05, 3.63) is 105 Å². The van der Waals surface area contributed by atoms with Crippen molar-refractivity contribution in [2.45, 2.75) is 43.7 Å². The van der Waals surface area contributed by atoms with Crippen LogP contribution in [0.4, 0.5) is 0 Å². The van der Waals surface area contributed by atoms with Crippen LogP contribution in [0.3, 0.4) is 0 Å². The number of aliphatic hydroxyl groups is 1. The fraction of sp³-hybridized carbons (Fsp3) is 0.303. The standard InChI is InChI=1S/C33H35N3O7/c37-27-13-11-25(26-12-14-29(39)35-30(26)27)28(38)20-34-15-4-1-5-16-43-24-10-6-9-21(17-24)31(40)36-33(32(41)42)18-22-7-2-3-8-23(22)19-33/h2-3,6-14,17,28,34,37-38H,1,4-5,15-16,18-20H2,(H,35,39)(H,36,40)(H,41,42)/t28-/m0/s1. The second-order valence-electron chi connectivity index (χ2n) is 10.9.